The van der Waals surface area contributed by atoms with Crippen LogP contribution in [0.2, 0.25) is 0 Å². The first-order valence-electron chi connectivity index (χ1n) is 6.78. The van der Waals surface area contributed by atoms with E-state index < -0.39 is 0 Å². The Morgan fingerprint density at radius 2 is 1.50 bits per heavy atom. The summed E-state index contributed by atoms with van der Waals surface area (Å²) in [5.41, 5.74) is 4.23. The molecule has 0 aliphatic heterocycles. The highest BCUT2D eigenvalue weighted by atomic mass is 16.2. The van der Waals surface area contributed by atoms with Crippen molar-refractivity contribution in [1.82, 2.24) is 0 Å². The molecule has 0 heterocycles. The molecule has 0 saturated carbocycles. The second-order valence-corrected chi connectivity index (χ2v) is 5.03. The maximum atomic E-state index is 8.62. The summed E-state index contributed by atoms with van der Waals surface area (Å²) in [5.74, 6) is 0. The van der Waals surface area contributed by atoms with Gasteiger partial charge in [-0.2, -0.15) is 0 Å². The summed E-state index contributed by atoms with van der Waals surface area (Å²) in [5, 5.41) is 8.62. The van der Waals surface area contributed by atoms with E-state index >= 15 is 0 Å². The first-order chi connectivity index (χ1) is 8.56. The number of aliphatic hydroxyl groups excluding tert-OH is 1. The van der Waals surface area contributed by atoms with E-state index in [1.165, 1.54) is 23.1 Å². The number of hydrogen-bond acceptors (Lipinski definition) is 1. The molecule has 0 rings (SSSR count). The van der Waals surface area contributed by atoms with Gasteiger partial charge in [-0.1, -0.05) is 47.1 Å². The third kappa shape index (κ3) is 11.4. The van der Waals surface area contributed by atoms with Gasteiger partial charge in [-0.15, -0.1) is 0 Å². The molecule has 0 aromatic rings. The lowest BCUT2D eigenvalue weighted by Gasteiger charge is -2.00. The van der Waals surface area contributed by atoms with Gasteiger partial charge in [0.1, 0.15) is 0 Å². The molecule has 0 spiro atoms. The summed E-state index contributed by atoms with van der Waals surface area (Å²) in [6.07, 6.45) is 14.9. The van der Waals surface area contributed by atoms with Crippen LogP contribution in [0, 0.1) is 0 Å². The van der Waals surface area contributed by atoms with Crippen molar-refractivity contribution in [3.8, 4) is 0 Å². The molecule has 0 fully saturated rings. The first-order valence-corrected chi connectivity index (χ1v) is 6.78. The standard InChI is InChI=1S/C17H28O/c1-15(2)9-7-11-17(4)13-8-12-16(3)10-5-6-14-18/h5-6,9-10,13,18H,7-8,11-12,14H2,1-4H3. The molecule has 0 amide bonds. The molecule has 1 nitrogen and oxygen atoms in total. The zero-order chi connectivity index (χ0) is 13.8. The normalized spacial score (nSPS) is 13.2. The topological polar surface area (TPSA) is 20.2 Å². The average Bonchev–Trinajstić information content (AvgIpc) is 2.29. The second kappa shape index (κ2) is 11.0. The maximum Gasteiger partial charge on any atom is 0.0615 e. The van der Waals surface area contributed by atoms with Crippen molar-refractivity contribution in [3.05, 3.63) is 47.1 Å². The number of aliphatic hydroxyl groups is 1. The Balaban J connectivity index is 3.89. The van der Waals surface area contributed by atoms with Crippen LogP contribution in [-0.2, 0) is 0 Å². The van der Waals surface area contributed by atoms with Crippen molar-refractivity contribution in [3.63, 3.8) is 0 Å². The fraction of sp³-hybridized carbons (Fsp3) is 0.529. The van der Waals surface area contributed by atoms with Crippen LogP contribution in [0.5, 0.6) is 0 Å². The molecule has 0 aromatic heterocycles. The second-order valence-electron chi connectivity index (χ2n) is 5.03. The molecule has 0 radical (unpaired) electrons. The molecule has 0 aromatic carbocycles. The number of rotatable bonds is 8. The van der Waals surface area contributed by atoms with E-state index in [4.69, 9.17) is 5.11 Å². The molecular weight excluding hydrogens is 220 g/mol. The molecule has 0 aliphatic rings. The molecule has 0 atom stereocenters. The van der Waals surface area contributed by atoms with Crippen molar-refractivity contribution in [2.45, 2.75) is 53.4 Å². The van der Waals surface area contributed by atoms with Gasteiger partial charge in [0.15, 0.2) is 0 Å². The first kappa shape index (κ1) is 16.9. The Morgan fingerprint density at radius 3 is 2.11 bits per heavy atom. The zero-order valence-electron chi connectivity index (χ0n) is 12.4. The van der Waals surface area contributed by atoms with Crippen LogP contribution in [0.25, 0.3) is 0 Å². The van der Waals surface area contributed by atoms with E-state index in [0.29, 0.717) is 0 Å². The summed E-state index contributed by atoms with van der Waals surface area (Å²) in [4.78, 5) is 0. The van der Waals surface area contributed by atoms with Gasteiger partial charge in [0.05, 0.1) is 6.61 Å². The number of allylic oxidation sites excluding steroid dienone is 7. The van der Waals surface area contributed by atoms with E-state index in [-0.39, 0.29) is 6.61 Å². The monoisotopic (exact) mass is 248 g/mol. The van der Waals surface area contributed by atoms with Crippen molar-refractivity contribution < 1.29 is 5.11 Å². The van der Waals surface area contributed by atoms with E-state index in [1.807, 2.05) is 6.08 Å². The van der Waals surface area contributed by atoms with Crippen LogP contribution in [0.3, 0.4) is 0 Å². The van der Waals surface area contributed by atoms with Gasteiger partial charge in [0.2, 0.25) is 0 Å². The highest BCUT2D eigenvalue weighted by Gasteiger charge is 1.91. The van der Waals surface area contributed by atoms with E-state index in [1.54, 1.807) is 6.08 Å². The van der Waals surface area contributed by atoms with Gasteiger partial charge in [-0.3, -0.25) is 0 Å². The lowest BCUT2D eigenvalue weighted by Crippen LogP contribution is -1.80. The summed E-state index contributed by atoms with van der Waals surface area (Å²) < 4.78 is 0. The molecule has 0 bridgehead atoms. The van der Waals surface area contributed by atoms with Crippen LogP contribution in [0.15, 0.2) is 47.1 Å². The molecular formula is C17H28O. The summed E-state index contributed by atoms with van der Waals surface area (Å²) >= 11 is 0. The van der Waals surface area contributed by atoms with Crippen LogP contribution >= 0.6 is 0 Å². The predicted molar refractivity (Wildman–Crippen MR) is 81.6 cm³/mol. The lowest BCUT2D eigenvalue weighted by atomic mass is 10.1. The van der Waals surface area contributed by atoms with E-state index in [2.05, 4.69) is 45.9 Å². The average molecular weight is 248 g/mol. The summed E-state index contributed by atoms with van der Waals surface area (Å²) in [7, 11) is 0. The fourth-order valence-electron chi connectivity index (χ4n) is 1.61. The Hall–Kier alpha value is -1.08. The Labute approximate surface area is 113 Å². The van der Waals surface area contributed by atoms with Gasteiger partial charge in [-0.25, -0.2) is 0 Å². The van der Waals surface area contributed by atoms with Crippen molar-refractivity contribution in [1.29, 1.82) is 0 Å². The minimum absolute atomic E-state index is 0.118. The van der Waals surface area contributed by atoms with Crippen LogP contribution in [0.1, 0.15) is 53.4 Å². The van der Waals surface area contributed by atoms with E-state index in [9.17, 15) is 0 Å². The van der Waals surface area contributed by atoms with E-state index in [0.717, 1.165) is 19.3 Å². The minimum atomic E-state index is 0.118. The maximum absolute atomic E-state index is 8.62. The quantitative estimate of drug-likeness (QED) is 0.476. The Morgan fingerprint density at radius 1 is 0.889 bits per heavy atom. The third-order valence-corrected chi connectivity index (χ3v) is 2.74. The predicted octanol–water partition coefficient (Wildman–Crippen LogP) is 4.95. The molecule has 0 saturated heterocycles. The lowest BCUT2D eigenvalue weighted by molar-refractivity contribution is 0.343. The largest absolute Gasteiger partial charge is 0.392 e. The van der Waals surface area contributed by atoms with Crippen LogP contribution in [-0.4, -0.2) is 11.7 Å². The van der Waals surface area contributed by atoms with Crippen LogP contribution in [0.4, 0.5) is 0 Å². The van der Waals surface area contributed by atoms with Gasteiger partial charge >= 0.3 is 0 Å². The van der Waals surface area contributed by atoms with Gasteiger partial charge in [0.25, 0.3) is 0 Å². The molecule has 1 heteroatoms. The van der Waals surface area contributed by atoms with Crippen LogP contribution < -0.4 is 0 Å². The van der Waals surface area contributed by atoms with Crippen molar-refractivity contribution in [2.24, 2.45) is 0 Å². The third-order valence-electron chi connectivity index (χ3n) is 2.74. The Bertz CT molecular complexity index is 326. The molecule has 0 unspecified atom stereocenters. The highest BCUT2D eigenvalue weighted by molar-refractivity contribution is 5.12. The Kier molecular flexibility index (Phi) is 10.4. The molecule has 102 valence electrons. The fourth-order valence-corrected chi connectivity index (χ4v) is 1.61. The number of hydrogen-bond donors (Lipinski definition) is 1. The minimum Gasteiger partial charge on any atom is -0.392 e. The summed E-state index contributed by atoms with van der Waals surface area (Å²) in [6, 6.07) is 0. The van der Waals surface area contributed by atoms with Gasteiger partial charge in [-0.05, 0) is 53.4 Å². The molecule has 1 N–H and O–H groups in total. The zero-order valence-corrected chi connectivity index (χ0v) is 12.4. The molecule has 0 aliphatic carbocycles. The SMILES string of the molecule is CC(C)=CCCC(C)=CCCC(C)=CC=CCO. The van der Waals surface area contributed by atoms with Gasteiger partial charge in [0, 0.05) is 0 Å². The van der Waals surface area contributed by atoms with Crippen molar-refractivity contribution >= 4 is 0 Å². The smallest absolute Gasteiger partial charge is 0.0615 e. The van der Waals surface area contributed by atoms with Crippen molar-refractivity contribution in [2.75, 3.05) is 6.61 Å². The highest BCUT2D eigenvalue weighted by Crippen LogP contribution is 2.11. The van der Waals surface area contributed by atoms with Gasteiger partial charge < -0.3 is 5.11 Å². The molecule has 18 heavy (non-hydrogen) atoms. The summed E-state index contributed by atoms with van der Waals surface area (Å²) in [6.45, 7) is 8.75.